The summed E-state index contributed by atoms with van der Waals surface area (Å²) < 4.78 is 0. The summed E-state index contributed by atoms with van der Waals surface area (Å²) in [6.45, 7) is 4.15. The first-order valence-electron chi connectivity index (χ1n) is 6.92. The number of nitrogens with one attached hydrogen (secondary N) is 1. The third-order valence-corrected chi connectivity index (χ3v) is 4.59. The molecule has 0 radical (unpaired) electrons. The molecule has 1 fully saturated rings. The van der Waals surface area contributed by atoms with Crippen LogP contribution in [0.3, 0.4) is 0 Å². The number of benzene rings is 1. The first-order valence-corrected chi connectivity index (χ1v) is 6.92. The second kappa shape index (κ2) is 4.19. The summed E-state index contributed by atoms with van der Waals surface area (Å²) >= 11 is 0. The van der Waals surface area contributed by atoms with E-state index in [0.29, 0.717) is 6.42 Å². The maximum Gasteiger partial charge on any atom is 0.230 e. The van der Waals surface area contributed by atoms with Gasteiger partial charge in [-0.3, -0.25) is 14.9 Å². The van der Waals surface area contributed by atoms with Crippen molar-refractivity contribution >= 4 is 11.8 Å². The Kier molecular flexibility index (Phi) is 2.73. The summed E-state index contributed by atoms with van der Waals surface area (Å²) in [6.07, 6.45) is 2.17. The van der Waals surface area contributed by atoms with Gasteiger partial charge in [0.15, 0.2) is 0 Å². The molecule has 1 heterocycles. The van der Waals surface area contributed by atoms with E-state index in [9.17, 15) is 9.59 Å². The van der Waals surface area contributed by atoms with Crippen molar-refractivity contribution < 1.29 is 9.59 Å². The molecule has 1 aromatic rings. The molecule has 0 saturated carbocycles. The lowest BCUT2D eigenvalue weighted by molar-refractivity contribution is -0.145. The minimum atomic E-state index is -0.197. The molecule has 3 rings (SSSR count). The van der Waals surface area contributed by atoms with Gasteiger partial charge in [-0.1, -0.05) is 38.1 Å². The van der Waals surface area contributed by atoms with Gasteiger partial charge in [-0.25, -0.2) is 0 Å². The van der Waals surface area contributed by atoms with E-state index in [0.717, 1.165) is 12.8 Å². The Labute approximate surface area is 113 Å². The third kappa shape index (κ3) is 1.88. The number of piperidine rings is 1. The molecule has 19 heavy (non-hydrogen) atoms. The van der Waals surface area contributed by atoms with E-state index in [1.54, 1.807) is 0 Å². The number of fused-ring (bicyclic) bond motifs is 1. The maximum atomic E-state index is 12.2. The summed E-state index contributed by atoms with van der Waals surface area (Å²) in [4.78, 5) is 24.0. The lowest BCUT2D eigenvalue weighted by atomic mass is 9.64. The SMILES string of the molecule is CC(C)C1C(=O)NC(=O)CC12Cc1ccccc1C2. The van der Waals surface area contributed by atoms with E-state index in [4.69, 9.17) is 0 Å². The molecule has 0 bridgehead atoms. The van der Waals surface area contributed by atoms with Crippen molar-refractivity contribution in [2.75, 3.05) is 0 Å². The van der Waals surface area contributed by atoms with E-state index in [1.807, 2.05) is 12.1 Å². The standard InChI is InChI=1S/C16H19NO2/c1-10(2)14-15(19)17-13(18)9-16(14)7-11-5-3-4-6-12(11)8-16/h3-6,10,14H,7-9H2,1-2H3,(H,17,18,19). The number of carbonyl (C=O) groups is 2. The van der Waals surface area contributed by atoms with Gasteiger partial charge >= 0.3 is 0 Å². The van der Waals surface area contributed by atoms with Gasteiger partial charge in [0, 0.05) is 12.3 Å². The van der Waals surface area contributed by atoms with Crippen molar-refractivity contribution in [1.29, 1.82) is 0 Å². The van der Waals surface area contributed by atoms with Gasteiger partial charge < -0.3 is 0 Å². The molecule has 1 N–H and O–H groups in total. The van der Waals surface area contributed by atoms with Gasteiger partial charge in [0.25, 0.3) is 0 Å². The highest BCUT2D eigenvalue weighted by molar-refractivity contribution is 6.00. The zero-order chi connectivity index (χ0) is 13.6. The molecule has 1 atom stereocenters. The Balaban J connectivity index is 2.02. The second-order valence-corrected chi connectivity index (χ2v) is 6.30. The molecule has 1 saturated heterocycles. The van der Waals surface area contributed by atoms with Crippen molar-refractivity contribution in [2.45, 2.75) is 33.1 Å². The van der Waals surface area contributed by atoms with E-state index in [-0.39, 0.29) is 29.1 Å². The third-order valence-electron chi connectivity index (χ3n) is 4.59. The van der Waals surface area contributed by atoms with Gasteiger partial charge in [-0.15, -0.1) is 0 Å². The van der Waals surface area contributed by atoms with Crippen LogP contribution in [0.25, 0.3) is 0 Å². The highest BCUT2D eigenvalue weighted by Crippen LogP contribution is 2.49. The number of hydrogen-bond donors (Lipinski definition) is 1. The van der Waals surface area contributed by atoms with Crippen molar-refractivity contribution in [3.8, 4) is 0 Å². The number of carbonyl (C=O) groups excluding carboxylic acids is 2. The Morgan fingerprint density at radius 2 is 1.68 bits per heavy atom. The topological polar surface area (TPSA) is 46.2 Å². The Hall–Kier alpha value is -1.64. The van der Waals surface area contributed by atoms with Crippen LogP contribution in [0, 0.1) is 17.3 Å². The van der Waals surface area contributed by atoms with Crippen LogP contribution in [0.15, 0.2) is 24.3 Å². The van der Waals surface area contributed by atoms with Crippen LogP contribution in [0.5, 0.6) is 0 Å². The van der Waals surface area contributed by atoms with Crippen LogP contribution >= 0.6 is 0 Å². The van der Waals surface area contributed by atoms with E-state index in [1.165, 1.54) is 11.1 Å². The van der Waals surface area contributed by atoms with Gasteiger partial charge in [-0.2, -0.15) is 0 Å². The Morgan fingerprint density at radius 1 is 1.11 bits per heavy atom. The molecule has 3 heteroatoms. The minimum Gasteiger partial charge on any atom is -0.296 e. The molecular weight excluding hydrogens is 238 g/mol. The monoisotopic (exact) mass is 257 g/mol. The molecule has 3 nitrogen and oxygen atoms in total. The zero-order valence-electron chi connectivity index (χ0n) is 11.4. The quantitative estimate of drug-likeness (QED) is 0.783. The predicted molar refractivity (Wildman–Crippen MR) is 72.4 cm³/mol. The molecule has 100 valence electrons. The Morgan fingerprint density at radius 3 is 2.21 bits per heavy atom. The van der Waals surface area contributed by atoms with E-state index < -0.39 is 0 Å². The van der Waals surface area contributed by atoms with Crippen molar-refractivity contribution in [3.05, 3.63) is 35.4 Å². The molecule has 1 unspecified atom stereocenters. The predicted octanol–water partition coefficient (Wildman–Crippen LogP) is 2.09. The van der Waals surface area contributed by atoms with Gasteiger partial charge in [0.05, 0.1) is 0 Å². The van der Waals surface area contributed by atoms with Crippen LogP contribution in [-0.2, 0) is 22.4 Å². The summed E-state index contributed by atoms with van der Waals surface area (Å²) in [5, 5.41) is 2.51. The molecular formula is C16H19NO2. The lowest BCUT2D eigenvalue weighted by Gasteiger charge is -2.41. The molecule has 1 aromatic carbocycles. The number of amides is 2. The molecule has 2 amide bonds. The highest BCUT2D eigenvalue weighted by Gasteiger charge is 2.52. The normalized spacial score (nSPS) is 24.7. The van der Waals surface area contributed by atoms with Crippen molar-refractivity contribution in [3.63, 3.8) is 0 Å². The molecule has 1 aliphatic heterocycles. The fraction of sp³-hybridized carbons (Fsp3) is 0.500. The van der Waals surface area contributed by atoms with Crippen LogP contribution in [0.1, 0.15) is 31.4 Å². The summed E-state index contributed by atoms with van der Waals surface area (Å²) in [5.41, 5.74) is 2.41. The van der Waals surface area contributed by atoms with Crippen LogP contribution in [0.2, 0.25) is 0 Å². The fourth-order valence-electron chi connectivity index (χ4n) is 4.05. The summed E-state index contributed by atoms with van der Waals surface area (Å²) in [7, 11) is 0. The van der Waals surface area contributed by atoms with Crippen molar-refractivity contribution in [1.82, 2.24) is 5.32 Å². The first-order chi connectivity index (χ1) is 9.02. The van der Waals surface area contributed by atoms with Gasteiger partial charge in [-0.05, 0) is 35.3 Å². The van der Waals surface area contributed by atoms with E-state index >= 15 is 0 Å². The summed E-state index contributed by atoms with van der Waals surface area (Å²) in [5.74, 6) is -0.0197. The molecule has 2 aliphatic rings. The number of imide groups is 1. The second-order valence-electron chi connectivity index (χ2n) is 6.30. The van der Waals surface area contributed by atoms with Gasteiger partial charge in [0.2, 0.25) is 11.8 Å². The average Bonchev–Trinajstić information content (AvgIpc) is 2.64. The van der Waals surface area contributed by atoms with Crippen LogP contribution in [-0.4, -0.2) is 11.8 Å². The van der Waals surface area contributed by atoms with E-state index in [2.05, 4.69) is 31.3 Å². The highest BCUT2D eigenvalue weighted by atomic mass is 16.2. The molecule has 1 spiro atoms. The smallest absolute Gasteiger partial charge is 0.230 e. The van der Waals surface area contributed by atoms with Crippen molar-refractivity contribution in [2.24, 2.45) is 17.3 Å². The molecule has 0 aromatic heterocycles. The molecule has 1 aliphatic carbocycles. The zero-order valence-corrected chi connectivity index (χ0v) is 11.4. The van der Waals surface area contributed by atoms with Gasteiger partial charge in [0.1, 0.15) is 0 Å². The summed E-state index contributed by atoms with van der Waals surface area (Å²) in [6, 6.07) is 8.32. The minimum absolute atomic E-state index is 0.0717. The average molecular weight is 257 g/mol. The largest absolute Gasteiger partial charge is 0.296 e. The number of rotatable bonds is 1. The fourth-order valence-corrected chi connectivity index (χ4v) is 4.05. The first kappa shape index (κ1) is 12.4. The van der Waals surface area contributed by atoms with Crippen LogP contribution in [0.4, 0.5) is 0 Å². The van der Waals surface area contributed by atoms with Crippen LogP contribution < -0.4 is 5.32 Å². The number of hydrogen-bond acceptors (Lipinski definition) is 2. The maximum absolute atomic E-state index is 12.2. The lowest BCUT2D eigenvalue weighted by Crippen LogP contribution is -2.54. The Bertz CT molecular complexity index is 522.